The van der Waals surface area contributed by atoms with Crippen molar-refractivity contribution in [3.8, 4) is 0 Å². The van der Waals surface area contributed by atoms with Crippen molar-refractivity contribution in [3.05, 3.63) is 18.4 Å². The quantitative estimate of drug-likeness (QED) is 0.724. The largest absolute Gasteiger partial charge is 0.480 e. The van der Waals surface area contributed by atoms with E-state index in [9.17, 15) is 9.59 Å². The lowest BCUT2D eigenvalue weighted by Crippen LogP contribution is -2.40. The van der Waals surface area contributed by atoms with E-state index in [-0.39, 0.29) is 5.76 Å². The van der Waals surface area contributed by atoms with Crippen molar-refractivity contribution in [3.63, 3.8) is 0 Å². The Labute approximate surface area is 79.9 Å². The maximum atomic E-state index is 11.3. The van der Waals surface area contributed by atoms with E-state index in [0.29, 0.717) is 6.42 Å². The van der Waals surface area contributed by atoms with Gasteiger partial charge in [-0.25, -0.2) is 9.78 Å². The molecule has 0 radical (unpaired) electrons. The Morgan fingerprint density at radius 1 is 1.71 bits per heavy atom. The van der Waals surface area contributed by atoms with Crippen molar-refractivity contribution in [2.45, 2.75) is 19.4 Å². The minimum atomic E-state index is -1.07. The summed E-state index contributed by atoms with van der Waals surface area (Å²) in [5, 5.41) is 11.0. The van der Waals surface area contributed by atoms with Gasteiger partial charge in [0.05, 0.1) is 6.20 Å². The molecule has 2 N–H and O–H groups in total. The van der Waals surface area contributed by atoms with Crippen LogP contribution in [-0.4, -0.2) is 28.0 Å². The van der Waals surface area contributed by atoms with Crippen molar-refractivity contribution in [1.82, 2.24) is 10.3 Å². The van der Waals surface area contributed by atoms with Gasteiger partial charge >= 0.3 is 5.97 Å². The molecule has 0 aliphatic carbocycles. The molecule has 14 heavy (non-hydrogen) atoms. The number of aliphatic carboxylic acids is 1. The van der Waals surface area contributed by atoms with Crippen LogP contribution in [0.4, 0.5) is 0 Å². The van der Waals surface area contributed by atoms with Crippen molar-refractivity contribution in [2.24, 2.45) is 0 Å². The summed E-state index contributed by atoms with van der Waals surface area (Å²) in [5.41, 5.74) is 0. The second kappa shape index (κ2) is 4.40. The molecule has 6 nitrogen and oxygen atoms in total. The van der Waals surface area contributed by atoms with E-state index in [1.807, 2.05) is 0 Å². The first-order chi connectivity index (χ1) is 6.65. The molecule has 0 saturated heterocycles. The topological polar surface area (TPSA) is 92.4 Å². The number of carbonyl (C=O) groups excluding carboxylic acids is 1. The zero-order valence-electron chi connectivity index (χ0n) is 7.56. The van der Waals surface area contributed by atoms with E-state index in [0.717, 1.165) is 6.39 Å². The van der Waals surface area contributed by atoms with Gasteiger partial charge in [-0.1, -0.05) is 6.92 Å². The third kappa shape index (κ3) is 2.32. The molecule has 6 heteroatoms. The molecule has 0 aliphatic heterocycles. The summed E-state index contributed by atoms with van der Waals surface area (Å²) in [4.78, 5) is 25.4. The molecule has 1 aromatic rings. The molecule has 1 unspecified atom stereocenters. The van der Waals surface area contributed by atoms with Crippen molar-refractivity contribution in [1.29, 1.82) is 0 Å². The summed E-state index contributed by atoms with van der Waals surface area (Å²) >= 11 is 0. The van der Waals surface area contributed by atoms with E-state index in [4.69, 9.17) is 9.52 Å². The van der Waals surface area contributed by atoms with Crippen LogP contribution in [0.5, 0.6) is 0 Å². The number of carboxylic acid groups (broad SMARTS) is 1. The van der Waals surface area contributed by atoms with Crippen LogP contribution in [0.3, 0.4) is 0 Å². The lowest BCUT2D eigenvalue weighted by Gasteiger charge is -2.09. The lowest BCUT2D eigenvalue weighted by molar-refractivity contribution is -0.139. The Kier molecular flexibility index (Phi) is 3.22. The lowest BCUT2D eigenvalue weighted by atomic mass is 10.2. The fourth-order valence-electron chi connectivity index (χ4n) is 0.896. The molecule has 1 aromatic heterocycles. The number of carboxylic acids is 1. The Morgan fingerprint density at radius 2 is 2.43 bits per heavy atom. The van der Waals surface area contributed by atoms with Gasteiger partial charge in [-0.3, -0.25) is 4.79 Å². The summed E-state index contributed by atoms with van der Waals surface area (Å²) in [5.74, 6) is -1.64. The Morgan fingerprint density at radius 3 is 2.86 bits per heavy atom. The van der Waals surface area contributed by atoms with Crippen molar-refractivity contribution < 1.29 is 19.1 Å². The summed E-state index contributed by atoms with van der Waals surface area (Å²) in [7, 11) is 0. The maximum absolute atomic E-state index is 11.3. The third-order valence-corrected chi connectivity index (χ3v) is 1.67. The molecule has 0 aliphatic rings. The molecule has 0 aromatic carbocycles. The first-order valence-electron chi connectivity index (χ1n) is 4.07. The average Bonchev–Trinajstić information content (AvgIpc) is 2.65. The van der Waals surface area contributed by atoms with Crippen LogP contribution in [-0.2, 0) is 4.79 Å². The van der Waals surface area contributed by atoms with E-state index >= 15 is 0 Å². The smallest absolute Gasteiger partial charge is 0.326 e. The van der Waals surface area contributed by atoms with Gasteiger partial charge in [-0.2, -0.15) is 0 Å². The van der Waals surface area contributed by atoms with Crippen molar-refractivity contribution >= 4 is 11.9 Å². The highest BCUT2D eigenvalue weighted by atomic mass is 16.4. The maximum Gasteiger partial charge on any atom is 0.326 e. The molecular weight excluding hydrogens is 188 g/mol. The molecule has 0 spiro atoms. The zero-order chi connectivity index (χ0) is 10.6. The minimum absolute atomic E-state index is 0.00435. The summed E-state index contributed by atoms with van der Waals surface area (Å²) in [6, 6.07) is -0.896. The summed E-state index contributed by atoms with van der Waals surface area (Å²) in [6.45, 7) is 1.67. The number of aromatic nitrogens is 1. The van der Waals surface area contributed by atoms with Crippen LogP contribution in [0.25, 0.3) is 0 Å². The number of hydrogen-bond acceptors (Lipinski definition) is 4. The van der Waals surface area contributed by atoms with Gasteiger partial charge in [0, 0.05) is 0 Å². The van der Waals surface area contributed by atoms with E-state index in [2.05, 4.69) is 10.3 Å². The normalized spacial score (nSPS) is 12.1. The third-order valence-electron chi connectivity index (χ3n) is 1.67. The molecule has 0 saturated carbocycles. The van der Waals surface area contributed by atoms with Gasteiger partial charge in [-0.15, -0.1) is 0 Å². The van der Waals surface area contributed by atoms with Crippen LogP contribution in [0, 0.1) is 0 Å². The van der Waals surface area contributed by atoms with Crippen LogP contribution in [0.1, 0.15) is 23.9 Å². The number of hydrogen-bond donors (Lipinski definition) is 2. The number of nitrogens with one attached hydrogen (secondary N) is 1. The minimum Gasteiger partial charge on any atom is -0.480 e. The van der Waals surface area contributed by atoms with Crippen LogP contribution in [0.2, 0.25) is 0 Å². The van der Waals surface area contributed by atoms with Gasteiger partial charge in [-0.05, 0) is 6.42 Å². The number of oxazole rings is 1. The average molecular weight is 198 g/mol. The summed E-state index contributed by atoms with van der Waals surface area (Å²) in [6.07, 6.45) is 2.65. The molecule has 1 rings (SSSR count). The fraction of sp³-hybridized carbons (Fsp3) is 0.375. The number of nitrogens with zero attached hydrogens (tertiary/aromatic N) is 1. The van der Waals surface area contributed by atoms with Gasteiger partial charge in [0.1, 0.15) is 6.04 Å². The second-order valence-corrected chi connectivity index (χ2v) is 2.64. The van der Waals surface area contributed by atoms with Crippen LogP contribution in [0.15, 0.2) is 17.0 Å². The Hall–Kier alpha value is -1.85. The standard InChI is InChI=1S/C8H10N2O4/c1-2-5(8(12)13)10-7(11)6-3-9-4-14-6/h3-5H,2H2,1H3,(H,10,11)(H,12,13). The monoisotopic (exact) mass is 198 g/mol. The molecule has 0 fully saturated rings. The molecule has 0 bridgehead atoms. The highest BCUT2D eigenvalue weighted by molar-refractivity contribution is 5.93. The predicted octanol–water partition coefficient (Wildman–Crippen LogP) is 0.268. The van der Waals surface area contributed by atoms with Gasteiger partial charge in [0.2, 0.25) is 5.76 Å². The fourth-order valence-corrected chi connectivity index (χ4v) is 0.896. The number of carbonyl (C=O) groups is 2. The molecular formula is C8H10N2O4. The Balaban J connectivity index is 2.60. The summed E-state index contributed by atoms with van der Waals surface area (Å²) < 4.78 is 4.70. The van der Waals surface area contributed by atoms with E-state index in [1.54, 1.807) is 6.92 Å². The number of amides is 1. The molecule has 1 amide bonds. The number of rotatable bonds is 4. The Bertz CT molecular complexity index is 320. The van der Waals surface area contributed by atoms with Crippen molar-refractivity contribution in [2.75, 3.05) is 0 Å². The van der Waals surface area contributed by atoms with Crippen LogP contribution < -0.4 is 5.32 Å². The molecule has 1 heterocycles. The highest BCUT2D eigenvalue weighted by Crippen LogP contribution is 1.98. The van der Waals surface area contributed by atoms with Gasteiger partial charge < -0.3 is 14.8 Å². The van der Waals surface area contributed by atoms with E-state index in [1.165, 1.54) is 6.20 Å². The van der Waals surface area contributed by atoms with E-state index < -0.39 is 17.9 Å². The SMILES string of the molecule is CCC(NC(=O)c1cnco1)C(=O)O. The van der Waals surface area contributed by atoms with Gasteiger partial charge in [0.15, 0.2) is 6.39 Å². The van der Waals surface area contributed by atoms with Gasteiger partial charge in [0.25, 0.3) is 5.91 Å². The first kappa shape index (κ1) is 10.2. The highest BCUT2D eigenvalue weighted by Gasteiger charge is 2.19. The first-order valence-corrected chi connectivity index (χ1v) is 4.07. The van der Waals surface area contributed by atoms with Crippen LogP contribution >= 0.6 is 0 Å². The predicted molar refractivity (Wildman–Crippen MR) is 45.7 cm³/mol. The molecule has 76 valence electrons. The molecule has 1 atom stereocenters. The second-order valence-electron chi connectivity index (χ2n) is 2.64. The zero-order valence-corrected chi connectivity index (χ0v) is 7.56.